The van der Waals surface area contributed by atoms with E-state index in [1.165, 1.54) is 7.11 Å². The Balaban J connectivity index is 1.48. The van der Waals surface area contributed by atoms with Gasteiger partial charge in [0.15, 0.2) is 5.82 Å². The van der Waals surface area contributed by atoms with Crippen LogP contribution >= 0.6 is 11.6 Å². The van der Waals surface area contributed by atoms with Crippen molar-refractivity contribution in [1.29, 1.82) is 0 Å². The number of nitrogens with one attached hydrogen (secondary N) is 2. The number of pyridine rings is 1. The van der Waals surface area contributed by atoms with E-state index in [4.69, 9.17) is 25.8 Å². The first kappa shape index (κ1) is 24.5. The number of alkyl halides is 1. The third kappa shape index (κ3) is 4.41. The van der Waals surface area contributed by atoms with Gasteiger partial charge in [0.2, 0.25) is 0 Å². The number of halogens is 3. The third-order valence-corrected chi connectivity index (χ3v) is 7.17. The predicted octanol–water partition coefficient (Wildman–Crippen LogP) is 3.70. The number of hydrogen-bond donors (Lipinski definition) is 2. The second kappa shape index (κ2) is 9.70. The number of rotatable bonds is 8. The minimum absolute atomic E-state index is 0.0697. The lowest BCUT2D eigenvalue weighted by Gasteiger charge is -2.30. The first-order chi connectivity index (χ1) is 17.3. The largest absolute Gasteiger partial charge is 0.497 e. The number of methoxy groups -OCH3 is 2. The minimum Gasteiger partial charge on any atom is -0.497 e. The summed E-state index contributed by atoms with van der Waals surface area (Å²) < 4.78 is 45.7. The molecule has 0 aliphatic carbocycles. The molecule has 4 heterocycles. The van der Waals surface area contributed by atoms with Gasteiger partial charge in [-0.1, -0.05) is 11.6 Å². The zero-order valence-electron chi connectivity index (χ0n) is 19.9. The predicted molar refractivity (Wildman–Crippen MR) is 131 cm³/mol. The molecular weight excluding hydrogens is 496 g/mol. The quantitative estimate of drug-likeness (QED) is 0.433. The average Bonchev–Trinajstić information content (AvgIpc) is 3.40. The van der Waals surface area contributed by atoms with E-state index >= 15 is 0 Å². The Labute approximate surface area is 210 Å². The summed E-state index contributed by atoms with van der Waals surface area (Å²) in [5.74, 6) is 0.353. The Morgan fingerprint density at radius 2 is 2.14 bits per heavy atom. The van der Waals surface area contributed by atoms with Crippen LogP contribution < -0.4 is 25.1 Å². The summed E-state index contributed by atoms with van der Waals surface area (Å²) in [5, 5.41) is 2.51. The molecule has 2 fully saturated rings. The summed E-state index contributed by atoms with van der Waals surface area (Å²) in [5.41, 5.74) is -0.609. The Kier molecular flexibility index (Phi) is 6.60. The molecule has 9 nitrogen and oxygen atoms in total. The lowest BCUT2D eigenvalue weighted by atomic mass is 9.95. The highest BCUT2D eigenvalue weighted by atomic mass is 35.5. The summed E-state index contributed by atoms with van der Waals surface area (Å²) >= 11 is 5.88. The van der Waals surface area contributed by atoms with Gasteiger partial charge in [-0.05, 0) is 31.5 Å². The molecule has 2 saturated heterocycles. The number of hydrogen-bond acceptors (Lipinski definition) is 8. The fourth-order valence-electron chi connectivity index (χ4n) is 5.15. The molecule has 2 atom stereocenters. The lowest BCUT2D eigenvalue weighted by Crippen LogP contribution is -2.43. The highest BCUT2D eigenvalue weighted by molar-refractivity contribution is 6.30. The number of anilines is 1. The van der Waals surface area contributed by atoms with Gasteiger partial charge in [-0.2, -0.15) is 9.97 Å². The molecule has 36 heavy (non-hydrogen) atoms. The summed E-state index contributed by atoms with van der Waals surface area (Å²) in [6, 6.07) is 5.16. The molecule has 2 aliphatic heterocycles. The van der Waals surface area contributed by atoms with Crippen LogP contribution in [0.4, 0.5) is 14.6 Å². The SMILES string of the molecule is COc1ccc(CNc2nc(OC[C@@]34CCCN3C[C@H](F)C4)nc3c(F)c(Cl)[nH]c(=O)c23)c(OC)c1. The third-order valence-electron chi connectivity index (χ3n) is 6.91. The van der Waals surface area contributed by atoms with Crippen molar-refractivity contribution < 1.29 is 23.0 Å². The maximum absolute atomic E-state index is 14.9. The number of nitrogens with zero attached hydrogens (tertiary/aromatic N) is 3. The molecule has 12 heteroatoms. The van der Waals surface area contributed by atoms with E-state index in [0.717, 1.165) is 24.9 Å². The first-order valence-electron chi connectivity index (χ1n) is 11.6. The number of H-pyrrole nitrogens is 1. The topological polar surface area (TPSA) is 102 Å². The van der Waals surface area contributed by atoms with Crippen LogP contribution in [-0.4, -0.2) is 65.5 Å². The maximum atomic E-state index is 14.9. The van der Waals surface area contributed by atoms with Crippen LogP contribution in [0.15, 0.2) is 23.0 Å². The van der Waals surface area contributed by atoms with Crippen molar-refractivity contribution >= 4 is 28.3 Å². The van der Waals surface area contributed by atoms with E-state index in [2.05, 4.69) is 25.2 Å². The van der Waals surface area contributed by atoms with Gasteiger partial charge in [-0.15, -0.1) is 0 Å². The van der Waals surface area contributed by atoms with Crippen LogP contribution in [0.3, 0.4) is 0 Å². The monoisotopic (exact) mass is 521 g/mol. The van der Waals surface area contributed by atoms with Crippen molar-refractivity contribution in [2.24, 2.45) is 0 Å². The van der Waals surface area contributed by atoms with Gasteiger partial charge in [0.05, 0.1) is 19.8 Å². The van der Waals surface area contributed by atoms with E-state index < -0.39 is 28.2 Å². The van der Waals surface area contributed by atoms with Crippen LogP contribution in [0.2, 0.25) is 5.15 Å². The van der Waals surface area contributed by atoms with Crippen LogP contribution in [-0.2, 0) is 6.54 Å². The molecule has 1 aromatic carbocycles. The maximum Gasteiger partial charge on any atom is 0.319 e. The number of aromatic nitrogens is 3. The minimum atomic E-state index is -0.919. The van der Waals surface area contributed by atoms with Gasteiger partial charge in [0.25, 0.3) is 5.56 Å². The van der Waals surface area contributed by atoms with Crippen molar-refractivity contribution in [2.75, 3.05) is 39.2 Å². The molecule has 5 rings (SSSR count). The molecule has 0 saturated carbocycles. The Hall–Kier alpha value is -3.18. The Morgan fingerprint density at radius 1 is 1.31 bits per heavy atom. The Morgan fingerprint density at radius 3 is 2.92 bits per heavy atom. The van der Waals surface area contributed by atoms with Crippen LogP contribution in [0.5, 0.6) is 17.5 Å². The van der Waals surface area contributed by atoms with Crippen LogP contribution in [0.25, 0.3) is 10.9 Å². The van der Waals surface area contributed by atoms with Gasteiger partial charge in [-0.3, -0.25) is 9.69 Å². The molecule has 3 aromatic rings. The molecule has 2 aromatic heterocycles. The second-order valence-electron chi connectivity index (χ2n) is 9.06. The molecule has 0 amide bonds. The van der Waals surface area contributed by atoms with Gasteiger partial charge in [-0.25, -0.2) is 8.78 Å². The molecule has 0 bridgehead atoms. The molecule has 0 radical (unpaired) electrons. The smallest absolute Gasteiger partial charge is 0.319 e. The normalized spacial score (nSPS) is 21.5. The molecule has 2 aliphatic rings. The number of ether oxygens (including phenoxy) is 3. The molecule has 2 N–H and O–H groups in total. The fraction of sp³-hybridized carbons (Fsp3) is 0.458. The second-order valence-corrected chi connectivity index (χ2v) is 9.43. The van der Waals surface area contributed by atoms with E-state index in [0.29, 0.717) is 24.5 Å². The number of fused-ring (bicyclic) bond motifs is 2. The van der Waals surface area contributed by atoms with E-state index in [1.54, 1.807) is 25.3 Å². The van der Waals surface area contributed by atoms with E-state index in [9.17, 15) is 13.6 Å². The zero-order valence-corrected chi connectivity index (χ0v) is 20.6. The van der Waals surface area contributed by atoms with Gasteiger partial charge in [0, 0.05) is 31.1 Å². The van der Waals surface area contributed by atoms with Gasteiger partial charge < -0.3 is 24.5 Å². The van der Waals surface area contributed by atoms with Crippen molar-refractivity contribution in [3.63, 3.8) is 0 Å². The first-order valence-corrected chi connectivity index (χ1v) is 12.0. The molecule has 0 spiro atoms. The van der Waals surface area contributed by atoms with Crippen molar-refractivity contribution in [3.05, 3.63) is 45.1 Å². The Bertz CT molecular complexity index is 1360. The number of aromatic amines is 1. The summed E-state index contributed by atoms with van der Waals surface area (Å²) in [7, 11) is 3.08. The molecular formula is C24H26ClF2N5O4. The van der Waals surface area contributed by atoms with Gasteiger partial charge in [0.1, 0.15) is 46.2 Å². The zero-order chi connectivity index (χ0) is 25.4. The van der Waals surface area contributed by atoms with E-state index in [1.807, 2.05) is 0 Å². The molecule has 0 unspecified atom stereocenters. The highest BCUT2D eigenvalue weighted by Crippen LogP contribution is 2.40. The van der Waals surface area contributed by atoms with Crippen molar-refractivity contribution in [1.82, 2.24) is 19.9 Å². The number of benzene rings is 1. The van der Waals surface area contributed by atoms with Crippen LogP contribution in [0.1, 0.15) is 24.8 Å². The highest BCUT2D eigenvalue weighted by Gasteiger charge is 2.49. The average molecular weight is 522 g/mol. The van der Waals surface area contributed by atoms with Crippen molar-refractivity contribution in [2.45, 2.75) is 37.5 Å². The fourth-order valence-corrected chi connectivity index (χ4v) is 5.33. The van der Waals surface area contributed by atoms with E-state index in [-0.39, 0.29) is 35.9 Å². The van der Waals surface area contributed by atoms with Crippen molar-refractivity contribution in [3.8, 4) is 17.5 Å². The lowest BCUT2D eigenvalue weighted by molar-refractivity contribution is 0.107. The summed E-state index contributed by atoms with van der Waals surface area (Å²) in [6.45, 7) is 1.53. The van der Waals surface area contributed by atoms with Gasteiger partial charge >= 0.3 is 6.01 Å². The molecule has 192 valence electrons. The standard InChI is InChI=1S/C24H26ClF2N5O4/c1-34-15-5-4-13(16(8-15)35-2)10-28-21-17-19(18(27)20(25)30-22(17)33)29-23(31-21)36-12-24-6-3-7-32(24)11-14(26)9-24/h4-5,8,14H,3,6-7,9-12H2,1-2H3,(H,30,33)(H,28,29,31)/t14-,24+/m1/s1. The summed E-state index contributed by atoms with van der Waals surface area (Å²) in [6.07, 6.45) is 1.19. The summed E-state index contributed by atoms with van der Waals surface area (Å²) in [4.78, 5) is 25.6. The van der Waals surface area contributed by atoms with Crippen LogP contribution in [0, 0.1) is 5.82 Å².